The SMILES string of the molecule is CCCN1C(=CC=C2CCCC(C3=[N+](CCC)c4ccccc4C3(C)C)=C2N(CCCN2CCCCC2C)C(=O)CCCC(=O)N[C@@H]2[C@@H](O)[C@H](O)[C@@H](CO)O[C@@H]2O)C(C)(C)c2ccccc21. The zero-order valence-corrected chi connectivity index (χ0v) is 40.8. The van der Waals surface area contributed by atoms with E-state index in [4.69, 9.17) is 4.74 Å². The third kappa shape index (κ3) is 10.0. The number of likely N-dealkylation sites (tertiary alicyclic amines) is 1. The smallest absolute Gasteiger partial charge is 0.227 e. The van der Waals surface area contributed by atoms with Crippen molar-refractivity contribution in [3.63, 3.8) is 0 Å². The maximum absolute atomic E-state index is 15.2. The van der Waals surface area contributed by atoms with E-state index in [1.54, 1.807) is 0 Å². The highest BCUT2D eigenvalue weighted by molar-refractivity contribution is 6.08. The van der Waals surface area contributed by atoms with Gasteiger partial charge in [0.05, 0.1) is 17.7 Å². The third-order valence-electron chi connectivity index (χ3n) is 15.0. The largest absolute Gasteiger partial charge is 0.394 e. The van der Waals surface area contributed by atoms with Crippen LogP contribution in [-0.2, 0) is 25.2 Å². The minimum Gasteiger partial charge on any atom is -0.394 e. The molecule has 0 spiro atoms. The summed E-state index contributed by atoms with van der Waals surface area (Å²) in [5.41, 5.74) is 10.4. The summed E-state index contributed by atoms with van der Waals surface area (Å²) in [5, 5.41) is 43.8. The predicted octanol–water partition coefficient (Wildman–Crippen LogP) is 7.11. The van der Waals surface area contributed by atoms with Gasteiger partial charge in [0.15, 0.2) is 12.0 Å². The quantitative estimate of drug-likeness (QED) is 0.105. The highest BCUT2D eigenvalue weighted by atomic mass is 16.6. The monoisotopic (exact) mass is 909 g/mol. The average molecular weight is 909 g/mol. The molecule has 1 aliphatic carbocycles. The molecule has 2 aromatic carbocycles. The number of hydrogen-bond donors (Lipinski definition) is 5. The second-order valence-electron chi connectivity index (χ2n) is 20.3. The molecular weight excluding hydrogens is 831 g/mol. The average Bonchev–Trinajstić information content (AvgIpc) is 3.66. The van der Waals surface area contributed by atoms with Crippen molar-refractivity contribution in [1.82, 2.24) is 15.1 Å². The van der Waals surface area contributed by atoms with E-state index < -0.39 is 43.2 Å². The number of aliphatic hydroxyl groups excluding tert-OH is 4. The van der Waals surface area contributed by atoms with Gasteiger partial charge in [-0.15, -0.1) is 0 Å². The van der Waals surface area contributed by atoms with Crippen LogP contribution < -0.4 is 10.2 Å². The van der Waals surface area contributed by atoms with Gasteiger partial charge < -0.3 is 45.2 Å². The van der Waals surface area contributed by atoms with Crippen LogP contribution in [0.4, 0.5) is 11.4 Å². The number of carbonyl (C=O) groups excluding carboxylic acids is 2. The molecule has 5 aliphatic rings. The summed E-state index contributed by atoms with van der Waals surface area (Å²) in [5.74, 6) is -0.519. The van der Waals surface area contributed by atoms with E-state index in [0.717, 1.165) is 76.0 Å². The van der Waals surface area contributed by atoms with Crippen LogP contribution in [0.2, 0.25) is 0 Å². The molecule has 2 aromatic rings. The number of aliphatic hydroxyl groups is 4. The first-order chi connectivity index (χ1) is 31.6. The van der Waals surface area contributed by atoms with Gasteiger partial charge in [-0.05, 0) is 102 Å². The Morgan fingerprint density at radius 2 is 1.62 bits per heavy atom. The van der Waals surface area contributed by atoms with Crippen LogP contribution in [0, 0.1) is 0 Å². The second kappa shape index (κ2) is 21.4. The van der Waals surface area contributed by atoms with Crippen LogP contribution in [0.5, 0.6) is 0 Å². The first-order valence-corrected chi connectivity index (χ1v) is 25.1. The summed E-state index contributed by atoms with van der Waals surface area (Å²) in [4.78, 5) is 35.7. The topological polar surface area (TPSA) is 149 Å². The summed E-state index contributed by atoms with van der Waals surface area (Å²) in [7, 11) is 0. The Morgan fingerprint density at radius 1 is 0.879 bits per heavy atom. The minimum absolute atomic E-state index is 0.0338. The maximum atomic E-state index is 15.2. The van der Waals surface area contributed by atoms with Gasteiger partial charge in [-0.2, -0.15) is 4.58 Å². The zero-order valence-electron chi connectivity index (χ0n) is 40.8. The minimum atomic E-state index is -1.62. The van der Waals surface area contributed by atoms with E-state index in [1.165, 1.54) is 58.7 Å². The van der Waals surface area contributed by atoms with Crippen LogP contribution in [-0.4, -0.2) is 128 Å². The van der Waals surface area contributed by atoms with Crippen LogP contribution >= 0.6 is 0 Å². The van der Waals surface area contributed by atoms with E-state index in [1.807, 2.05) is 0 Å². The number of amides is 2. The molecule has 0 saturated carbocycles. The van der Waals surface area contributed by atoms with Crippen molar-refractivity contribution in [3.05, 3.63) is 94.4 Å². The van der Waals surface area contributed by atoms with E-state index in [2.05, 4.69) is 134 Å². The number of nitrogens with one attached hydrogen (secondary N) is 1. The van der Waals surface area contributed by atoms with Crippen LogP contribution in [0.15, 0.2) is 83.2 Å². The van der Waals surface area contributed by atoms with Gasteiger partial charge in [0.25, 0.3) is 0 Å². The highest BCUT2D eigenvalue weighted by Gasteiger charge is 2.49. The second-order valence-corrected chi connectivity index (χ2v) is 20.3. The fourth-order valence-corrected chi connectivity index (χ4v) is 11.5. The third-order valence-corrected chi connectivity index (χ3v) is 15.0. The molecular formula is C54H78N5O7+. The number of allylic oxidation sites excluding steroid dienone is 5. The van der Waals surface area contributed by atoms with Crippen LogP contribution in [0.25, 0.3) is 0 Å². The number of para-hydroxylation sites is 2. The molecule has 360 valence electrons. The summed E-state index contributed by atoms with van der Waals surface area (Å²) in [6.45, 7) is 19.7. The van der Waals surface area contributed by atoms with Crippen molar-refractivity contribution in [2.75, 3.05) is 44.2 Å². The standard InChI is InChI=1S/C54H77N5O7/c1-8-30-57-41-24-12-10-22-39(41)53(4,5)44(57)29-28-37-20-16-21-38(51-54(6,7)40-23-11-13-25-42(40)58(51)31-9-2)48(37)59(34-18-33-56-32-15-14-19-36(56)3)46(62)27-17-26-45(61)55-47-50(64)49(63)43(35-60)66-52(47)65/h10-13,22-25,28-29,36,43,47,49-50,52,60,63-65H,8-9,14-21,26-27,30-35H2,1-7H3/p+1/t36?,43-,47-,49-,50-,52+/m1/s1. The molecule has 7 rings (SSSR count). The Bertz CT molecular complexity index is 2190. The first kappa shape index (κ1) is 49.7. The van der Waals surface area contributed by atoms with Crippen molar-refractivity contribution in [3.8, 4) is 0 Å². The van der Waals surface area contributed by atoms with Gasteiger partial charge in [0, 0.05) is 78.9 Å². The Hall–Kier alpha value is -4.17. The summed E-state index contributed by atoms with van der Waals surface area (Å²) in [6, 6.07) is 16.7. The molecule has 0 bridgehead atoms. The van der Waals surface area contributed by atoms with Crippen molar-refractivity contribution in [2.45, 2.75) is 173 Å². The molecule has 0 radical (unpaired) electrons. The molecule has 4 heterocycles. The molecule has 4 aliphatic heterocycles. The fourth-order valence-electron chi connectivity index (χ4n) is 11.5. The lowest BCUT2D eigenvalue weighted by atomic mass is 9.75. The lowest BCUT2D eigenvalue weighted by molar-refractivity contribution is -0.438. The van der Waals surface area contributed by atoms with E-state index >= 15 is 4.79 Å². The molecule has 5 N–H and O–H groups in total. The van der Waals surface area contributed by atoms with Crippen LogP contribution in [0.3, 0.4) is 0 Å². The first-order valence-electron chi connectivity index (χ1n) is 25.1. The number of ether oxygens (including phenoxy) is 1. The number of nitrogens with zero attached hydrogens (tertiary/aromatic N) is 4. The Morgan fingerprint density at radius 3 is 2.35 bits per heavy atom. The summed E-state index contributed by atoms with van der Waals surface area (Å²) >= 11 is 0. The summed E-state index contributed by atoms with van der Waals surface area (Å²) < 4.78 is 7.79. The van der Waals surface area contributed by atoms with Gasteiger partial charge in [-0.25, -0.2) is 0 Å². The maximum Gasteiger partial charge on any atom is 0.227 e. The van der Waals surface area contributed by atoms with Crippen molar-refractivity contribution < 1.29 is 39.3 Å². The molecule has 66 heavy (non-hydrogen) atoms. The number of hydrogen-bond acceptors (Lipinski definition) is 9. The number of fused-ring (bicyclic) bond motifs is 2. The normalized spacial score (nSPS) is 27.4. The molecule has 2 amide bonds. The van der Waals surface area contributed by atoms with Gasteiger partial charge in [-0.1, -0.05) is 76.6 Å². The molecule has 6 atom stereocenters. The number of anilines is 1. The molecule has 12 nitrogen and oxygen atoms in total. The molecule has 2 fully saturated rings. The van der Waals surface area contributed by atoms with Crippen molar-refractivity contribution >= 4 is 28.9 Å². The van der Waals surface area contributed by atoms with Gasteiger partial charge in [0.2, 0.25) is 17.5 Å². The van der Waals surface area contributed by atoms with Crippen LogP contribution in [0.1, 0.15) is 137 Å². The molecule has 0 aromatic heterocycles. The molecule has 1 unspecified atom stereocenters. The Kier molecular flexibility index (Phi) is 16.1. The van der Waals surface area contributed by atoms with E-state index in [9.17, 15) is 25.2 Å². The lowest BCUT2D eigenvalue weighted by Crippen LogP contribution is -2.64. The Balaban J connectivity index is 1.29. The Labute approximate surface area is 393 Å². The van der Waals surface area contributed by atoms with Crippen molar-refractivity contribution in [1.29, 1.82) is 0 Å². The number of carbonyl (C=O) groups is 2. The number of rotatable bonds is 17. The van der Waals surface area contributed by atoms with Gasteiger partial charge >= 0.3 is 0 Å². The number of piperidine rings is 1. The highest BCUT2D eigenvalue weighted by Crippen LogP contribution is 2.49. The molecule has 2 saturated heterocycles. The van der Waals surface area contributed by atoms with Gasteiger partial charge in [-0.3, -0.25) is 9.59 Å². The zero-order chi connectivity index (χ0) is 47.3. The van der Waals surface area contributed by atoms with E-state index in [-0.39, 0.29) is 36.0 Å². The lowest BCUT2D eigenvalue weighted by Gasteiger charge is -2.40. The number of benzene rings is 2. The predicted molar refractivity (Wildman–Crippen MR) is 261 cm³/mol. The summed E-state index contributed by atoms with van der Waals surface area (Å²) in [6.07, 6.45) is 8.15. The van der Waals surface area contributed by atoms with Crippen molar-refractivity contribution in [2.24, 2.45) is 0 Å². The fraction of sp³-hybridized carbons (Fsp3) is 0.611. The van der Waals surface area contributed by atoms with Gasteiger partial charge in [0.1, 0.15) is 30.9 Å². The molecule has 12 heteroatoms. The van der Waals surface area contributed by atoms with E-state index in [0.29, 0.717) is 12.6 Å².